The number of hydrogen-bond acceptors (Lipinski definition) is 6. The van der Waals surface area contributed by atoms with Crippen molar-refractivity contribution in [3.05, 3.63) is 70.3 Å². The molecule has 27 heavy (non-hydrogen) atoms. The SMILES string of the molecule is O=C(NO)c1ccc(C2(c3nc(-c4cccnc4)cs3)CCOCC2)cc1. The maximum Gasteiger partial charge on any atom is 0.274 e. The van der Waals surface area contributed by atoms with Crippen molar-refractivity contribution in [2.24, 2.45) is 0 Å². The number of nitrogens with one attached hydrogen (secondary N) is 1. The van der Waals surface area contributed by atoms with Gasteiger partial charge < -0.3 is 4.74 Å². The van der Waals surface area contributed by atoms with Crippen LogP contribution in [0.4, 0.5) is 0 Å². The number of nitrogens with zero attached hydrogens (tertiary/aromatic N) is 2. The molecular formula is C20H19N3O3S. The van der Waals surface area contributed by atoms with E-state index in [9.17, 15) is 4.79 Å². The minimum absolute atomic E-state index is 0.238. The zero-order valence-electron chi connectivity index (χ0n) is 14.6. The molecule has 0 aliphatic carbocycles. The fourth-order valence-electron chi connectivity index (χ4n) is 3.49. The molecule has 0 radical (unpaired) electrons. The Labute approximate surface area is 160 Å². The highest BCUT2D eigenvalue weighted by Crippen LogP contribution is 2.43. The van der Waals surface area contributed by atoms with Crippen molar-refractivity contribution < 1.29 is 14.7 Å². The minimum atomic E-state index is -0.518. The molecule has 0 bridgehead atoms. The van der Waals surface area contributed by atoms with Gasteiger partial charge in [0.1, 0.15) is 5.01 Å². The summed E-state index contributed by atoms with van der Waals surface area (Å²) in [6.07, 6.45) is 5.23. The lowest BCUT2D eigenvalue weighted by Crippen LogP contribution is -2.35. The van der Waals surface area contributed by atoms with Gasteiger partial charge >= 0.3 is 0 Å². The number of carbonyl (C=O) groups excluding carboxylic acids is 1. The van der Waals surface area contributed by atoms with Crippen molar-refractivity contribution in [2.45, 2.75) is 18.3 Å². The third-order valence-corrected chi connectivity index (χ3v) is 6.06. The fourth-order valence-corrected chi connectivity index (χ4v) is 4.60. The van der Waals surface area contributed by atoms with Crippen molar-refractivity contribution in [3.8, 4) is 11.3 Å². The van der Waals surface area contributed by atoms with Gasteiger partial charge in [0, 0.05) is 42.1 Å². The van der Waals surface area contributed by atoms with E-state index in [0.717, 1.165) is 34.7 Å². The summed E-state index contributed by atoms with van der Waals surface area (Å²) in [6, 6.07) is 11.3. The Morgan fingerprint density at radius 2 is 1.96 bits per heavy atom. The van der Waals surface area contributed by atoms with E-state index in [4.69, 9.17) is 14.9 Å². The molecule has 6 nitrogen and oxygen atoms in total. The van der Waals surface area contributed by atoms with Crippen LogP contribution in [0.3, 0.4) is 0 Å². The number of amides is 1. The van der Waals surface area contributed by atoms with Crippen LogP contribution in [0.2, 0.25) is 0 Å². The molecule has 3 aromatic rings. The van der Waals surface area contributed by atoms with Crippen LogP contribution in [-0.4, -0.2) is 34.3 Å². The highest BCUT2D eigenvalue weighted by Gasteiger charge is 2.39. The van der Waals surface area contributed by atoms with Gasteiger partial charge in [0.25, 0.3) is 5.91 Å². The summed E-state index contributed by atoms with van der Waals surface area (Å²) in [4.78, 5) is 20.7. The molecule has 1 aliphatic rings. The predicted molar refractivity (Wildman–Crippen MR) is 102 cm³/mol. The van der Waals surface area contributed by atoms with Crippen LogP contribution >= 0.6 is 11.3 Å². The van der Waals surface area contributed by atoms with E-state index < -0.39 is 5.91 Å². The van der Waals surface area contributed by atoms with Gasteiger partial charge in [0.2, 0.25) is 0 Å². The molecular weight excluding hydrogens is 362 g/mol. The molecule has 4 rings (SSSR count). The average Bonchev–Trinajstić information content (AvgIpc) is 3.25. The monoisotopic (exact) mass is 381 g/mol. The molecule has 1 amide bonds. The van der Waals surface area contributed by atoms with Gasteiger partial charge in [-0.05, 0) is 42.7 Å². The van der Waals surface area contributed by atoms with Gasteiger partial charge in [-0.25, -0.2) is 10.5 Å². The van der Waals surface area contributed by atoms with Gasteiger partial charge in [-0.15, -0.1) is 11.3 Å². The molecule has 0 atom stereocenters. The standard InChI is InChI=1S/C20H19N3O3S/c24-18(23-25)14-3-5-16(6-4-14)20(7-10-26-11-8-20)19-22-17(13-27-19)15-2-1-9-21-12-15/h1-6,9,12-13,25H,7-8,10-11H2,(H,23,24). The van der Waals surface area contributed by atoms with Crippen LogP contribution in [0.5, 0.6) is 0 Å². The zero-order chi connectivity index (χ0) is 18.7. The van der Waals surface area contributed by atoms with Gasteiger partial charge in [-0.3, -0.25) is 15.0 Å². The van der Waals surface area contributed by atoms with Crippen LogP contribution in [0.25, 0.3) is 11.3 Å². The van der Waals surface area contributed by atoms with E-state index >= 15 is 0 Å². The highest BCUT2D eigenvalue weighted by molar-refractivity contribution is 7.10. The van der Waals surface area contributed by atoms with Crippen LogP contribution in [-0.2, 0) is 10.2 Å². The third kappa shape index (κ3) is 3.37. The van der Waals surface area contributed by atoms with Gasteiger partial charge in [-0.2, -0.15) is 0 Å². The molecule has 2 N–H and O–H groups in total. The molecule has 1 aliphatic heterocycles. The van der Waals surface area contributed by atoms with Crippen LogP contribution < -0.4 is 5.48 Å². The van der Waals surface area contributed by atoms with E-state index in [1.54, 1.807) is 35.1 Å². The quantitative estimate of drug-likeness (QED) is 0.534. The molecule has 138 valence electrons. The van der Waals surface area contributed by atoms with Gasteiger partial charge in [-0.1, -0.05) is 12.1 Å². The number of aromatic nitrogens is 2. The molecule has 0 unspecified atom stereocenters. The summed E-state index contributed by atoms with van der Waals surface area (Å²) >= 11 is 1.65. The first-order chi connectivity index (χ1) is 13.2. The number of pyridine rings is 1. The fraction of sp³-hybridized carbons (Fsp3) is 0.250. The first kappa shape index (κ1) is 17.8. The molecule has 7 heteroatoms. The first-order valence-corrected chi connectivity index (χ1v) is 9.60. The lowest BCUT2D eigenvalue weighted by atomic mass is 9.74. The topological polar surface area (TPSA) is 84.3 Å². The largest absolute Gasteiger partial charge is 0.381 e. The van der Waals surface area contributed by atoms with Crippen molar-refractivity contribution in [1.82, 2.24) is 15.4 Å². The Balaban J connectivity index is 1.73. The van der Waals surface area contributed by atoms with Crippen LogP contribution in [0.15, 0.2) is 54.2 Å². The van der Waals surface area contributed by atoms with Crippen molar-refractivity contribution in [1.29, 1.82) is 0 Å². The Hall–Kier alpha value is -2.61. The molecule has 3 heterocycles. The second kappa shape index (κ2) is 7.56. The summed E-state index contributed by atoms with van der Waals surface area (Å²) in [5.41, 5.74) is 4.87. The number of carbonyl (C=O) groups is 1. The normalized spacial score (nSPS) is 16.0. The van der Waals surface area contributed by atoms with E-state index in [2.05, 4.69) is 10.4 Å². The van der Waals surface area contributed by atoms with Crippen molar-refractivity contribution in [2.75, 3.05) is 13.2 Å². The summed E-state index contributed by atoms with van der Waals surface area (Å²) in [6.45, 7) is 1.33. The van der Waals surface area contributed by atoms with Crippen LogP contribution in [0.1, 0.15) is 33.8 Å². The Bertz CT molecular complexity index is 919. The number of benzene rings is 1. The predicted octanol–water partition coefficient (Wildman–Crippen LogP) is 3.42. The summed E-state index contributed by atoms with van der Waals surface area (Å²) in [7, 11) is 0. The van der Waals surface area contributed by atoms with Gasteiger partial charge in [0.05, 0.1) is 11.1 Å². The Morgan fingerprint density at radius 1 is 1.19 bits per heavy atom. The average molecular weight is 381 g/mol. The minimum Gasteiger partial charge on any atom is -0.381 e. The Kier molecular flexibility index (Phi) is 4.98. The number of thiazole rings is 1. The summed E-state index contributed by atoms with van der Waals surface area (Å²) in [5.74, 6) is -0.518. The number of hydrogen-bond donors (Lipinski definition) is 2. The highest BCUT2D eigenvalue weighted by atomic mass is 32.1. The molecule has 0 saturated carbocycles. The van der Waals surface area contributed by atoms with Crippen molar-refractivity contribution >= 4 is 17.2 Å². The summed E-state index contributed by atoms with van der Waals surface area (Å²) in [5, 5.41) is 11.9. The summed E-state index contributed by atoms with van der Waals surface area (Å²) < 4.78 is 5.61. The lowest BCUT2D eigenvalue weighted by Gasteiger charge is -2.36. The number of rotatable bonds is 4. The first-order valence-electron chi connectivity index (χ1n) is 8.72. The second-order valence-electron chi connectivity index (χ2n) is 6.49. The molecule has 0 spiro atoms. The van der Waals surface area contributed by atoms with E-state index in [1.807, 2.05) is 30.5 Å². The van der Waals surface area contributed by atoms with Crippen LogP contribution in [0, 0.1) is 0 Å². The number of ether oxygens (including phenoxy) is 1. The van der Waals surface area contributed by atoms with Crippen molar-refractivity contribution in [3.63, 3.8) is 0 Å². The maximum absolute atomic E-state index is 11.6. The Morgan fingerprint density at radius 3 is 2.63 bits per heavy atom. The van der Waals surface area contributed by atoms with E-state index in [0.29, 0.717) is 18.8 Å². The maximum atomic E-state index is 11.6. The smallest absolute Gasteiger partial charge is 0.274 e. The number of hydroxylamine groups is 1. The van der Waals surface area contributed by atoms with E-state index in [-0.39, 0.29) is 5.41 Å². The molecule has 1 fully saturated rings. The third-order valence-electron chi connectivity index (χ3n) is 5.02. The van der Waals surface area contributed by atoms with Gasteiger partial charge in [0.15, 0.2) is 0 Å². The lowest BCUT2D eigenvalue weighted by molar-refractivity contribution is 0.0629. The molecule has 1 saturated heterocycles. The molecule has 1 aromatic carbocycles. The van der Waals surface area contributed by atoms with E-state index in [1.165, 1.54) is 0 Å². The molecule has 2 aromatic heterocycles. The second-order valence-corrected chi connectivity index (χ2v) is 7.35. The zero-order valence-corrected chi connectivity index (χ0v) is 15.4.